The van der Waals surface area contributed by atoms with Crippen LogP contribution in [0.5, 0.6) is 0 Å². The Hall–Kier alpha value is -3.78. The van der Waals surface area contributed by atoms with Crippen molar-refractivity contribution in [3.8, 4) is 6.07 Å². The number of anilines is 1. The minimum absolute atomic E-state index is 0.178. The van der Waals surface area contributed by atoms with Crippen LogP contribution < -0.4 is 4.90 Å². The summed E-state index contributed by atoms with van der Waals surface area (Å²) >= 11 is 0. The highest BCUT2D eigenvalue weighted by atomic mass is 32.2. The molecule has 1 aliphatic heterocycles. The molecule has 3 rings (SSSR count). The van der Waals surface area contributed by atoms with Crippen LogP contribution in [0.4, 0.5) is 5.69 Å². The average Bonchev–Trinajstić information content (AvgIpc) is 3.24. The van der Waals surface area contributed by atoms with Gasteiger partial charge >= 0.3 is 5.97 Å². The van der Waals surface area contributed by atoms with Crippen molar-refractivity contribution >= 4 is 33.7 Å². The van der Waals surface area contributed by atoms with Gasteiger partial charge < -0.3 is 14.2 Å². The molecule has 10 heteroatoms. The van der Waals surface area contributed by atoms with Gasteiger partial charge in [0.15, 0.2) is 6.34 Å². The van der Waals surface area contributed by atoms with Gasteiger partial charge in [-0.15, -0.1) is 0 Å². The molecule has 1 atom stereocenters. The van der Waals surface area contributed by atoms with Gasteiger partial charge in [0, 0.05) is 25.9 Å². The van der Waals surface area contributed by atoms with E-state index < -0.39 is 16.1 Å². The van der Waals surface area contributed by atoms with Crippen molar-refractivity contribution in [3.05, 3.63) is 78.1 Å². The summed E-state index contributed by atoms with van der Waals surface area (Å²) in [6.45, 7) is 2.67. The molecule has 0 saturated carbocycles. The second kappa shape index (κ2) is 12.1. The molecule has 0 aliphatic carbocycles. The number of aryl methyl sites for hydroxylation is 1. The average molecular weight is 497 g/mol. The highest BCUT2D eigenvalue weighted by Gasteiger charge is 2.19. The number of likely N-dealkylation sites (N-methyl/N-ethyl adjacent to an activating group) is 1. The summed E-state index contributed by atoms with van der Waals surface area (Å²) < 4.78 is 36.9. The van der Waals surface area contributed by atoms with Crippen LogP contribution in [0, 0.1) is 18.3 Å². The van der Waals surface area contributed by atoms with E-state index in [1.807, 2.05) is 69.5 Å². The van der Waals surface area contributed by atoms with Crippen molar-refractivity contribution in [2.24, 2.45) is 4.99 Å². The lowest BCUT2D eigenvalue weighted by Gasteiger charge is -2.20. The van der Waals surface area contributed by atoms with E-state index in [-0.39, 0.29) is 17.1 Å². The quantitative estimate of drug-likeness (QED) is 0.190. The van der Waals surface area contributed by atoms with Gasteiger partial charge in [0.2, 0.25) is 0 Å². The molecule has 1 aliphatic rings. The fraction of sp³-hybridized carbons (Fsp3) is 0.240. The van der Waals surface area contributed by atoms with Gasteiger partial charge in [-0.2, -0.15) is 5.26 Å². The van der Waals surface area contributed by atoms with Gasteiger partial charge in [0.1, 0.15) is 35.5 Å². The van der Waals surface area contributed by atoms with Crippen molar-refractivity contribution in [2.45, 2.75) is 11.8 Å². The van der Waals surface area contributed by atoms with Crippen LogP contribution in [-0.4, -0.2) is 64.1 Å². The van der Waals surface area contributed by atoms with Crippen LogP contribution in [0.2, 0.25) is 0 Å². The third kappa shape index (κ3) is 8.83. The summed E-state index contributed by atoms with van der Waals surface area (Å²) in [4.78, 5) is 17.7. The third-order valence-electron chi connectivity index (χ3n) is 5.03. The highest BCUT2D eigenvalue weighted by molar-refractivity contribution is 7.85. The van der Waals surface area contributed by atoms with E-state index in [0.29, 0.717) is 16.6 Å². The van der Waals surface area contributed by atoms with Gasteiger partial charge in [-0.3, -0.25) is 4.48 Å². The molecule has 9 nitrogen and oxygen atoms in total. The predicted molar refractivity (Wildman–Crippen MR) is 133 cm³/mol. The normalized spacial score (nSPS) is 16.7. The summed E-state index contributed by atoms with van der Waals surface area (Å²) in [5.41, 5.74) is 2.93. The number of hydrogen-bond donors (Lipinski definition) is 0. The van der Waals surface area contributed by atoms with E-state index in [4.69, 9.17) is 4.74 Å². The molecule has 2 aromatic rings. The fourth-order valence-electron chi connectivity index (χ4n) is 2.88. The van der Waals surface area contributed by atoms with Crippen LogP contribution >= 0.6 is 0 Å². The number of rotatable bonds is 7. The Bertz CT molecular complexity index is 1240. The summed E-state index contributed by atoms with van der Waals surface area (Å²) in [5, 5.41) is 9.28. The molecule has 0 radical (unpaired) electrons. The Labute approximate surface area is 206 Å². The zero-order chi connectivity index (χ0) is 26.1. The lowest BCUT2D eigenvalue weighted by atomic mass is 10.1. The number of nitrogens with zero attached hydrogens (tertiary/aromatic N) is 4. The Morgan fingerprint density at radius 2 is 1.80 bits per heavy atom. The van der Waals surface area contributed by atoms with Gasteiger partial charge in [-0.1, -0.05) is 29.8 Å². The van der Waals surface area contributed by atoms with Crippen molar-refractivity contribution in [1.29, 1.82) is 5.26 Å². The summed E-state index contributed by atoms with van der Waals surface area (Å²) in [5.74, 6) is -0.519. The molecule has 184 valence electrons. The van der Waals surface area contributed by atoms with Crippen LogP contribution in [0.1, 0.15) is 11.1 Å². The molecule has 0 fully saturated rings. The number of nitriles is 1. The summed E-state index contributed by atoms with van der Waals surface area (Å²) in [6, 6.07) is 15.3. The lowest BCUT2D eigenvalue weighted by molar-refractivity contribution is -0.756. The van der Waals surface area contributed by atoms with Crippen LogP contribution in [0.15, 0.2) is 76.9 Å². The third-order valence-corrected chi connectivity index (χ3v) is 5.88. The van der Waals surface area contributed by atoms with Gasteiger partial charge in [0.25, 0.3) is 0 Å². The summed E-state index contributed by atoms with van der Waals surface area (Å²) in [7, 11) is 1.57. The maximum Gasteiger partial charge on any atom is 0.332 e. The number of ether oxygens (including phenoxy) is 1. The maximum absolute atomic E-state index is 11.9. The SMILES string of the molecule is CN(C)c1ccc(C(C#N)=CC(=O)OCC[N+]2(C)C=CN=C2)cc1.Cc1ccc(S(=O)(=O)[O-])cc1. The molecule has 1 heterocycles. The second-order valence-electron chi connectivity index (χ2n) is 8.18. The first-order chi connectivity index (χ1) is 16.4. The molecule has 0 spiro atoms. The first-order valence-electron chi connectivity index (χ1n) is 10.6. The van der Waals surface area contributed by atoms with Crippen LogP contribution in [0.25, 0.3) is 5.57 Å². The Kier molecular flexibility index (Phi) is 9.48. The monoisotopic (exact) mass is 496 g/mol. The highest BCUT2D eigenvalue weighted by Crippen LogP contribution is 2.18. The first kappa shape index (κ1) is 27.5. The molecule has 0 aromatic heterocycles. The molecule has 0 bridgehead atoms. The van der Waals surface area contributed by atoms with E-state index in [1.54, 1.807) is 24.7 Å². The number of quaternary nitrogens is 1. The lowest BCUT2D eigenvalue weighted by Crippen LogP contribution is -2.38. The molecule has 0 amide bonds. The fourth-order valence-corrected chi connectivity index (χ4v) is 3.35. The van der Waals surface area contributed by atoms with Crippen LogP contribution in [0.3, 0.4) is 0 Å². The Balaban J connectivity index is 0.000000328. The standard InChI is InChI=1S/C18H21N4O2.C7H8O3S/c1-21(2)17-6-4-15(5-7-17)16(13-19)12-18(23)24-11-10-22(3)9-8-20-14-22;1-6-2-4-7(5-3-6)11(8,9)10/h4-9,12,14H,10-11H2,1-3H3;2-5H,1H3,(H,8,9,10)/q+1;/p-1. The number of aliphatic imine (C=N–C) groups is 1. The molecule has 1 unspecified atom stereocenters. The van der Waals surface area contributed by atoms with E-state index in [2.05, 4.69) is 4.99 Å². The Morgan fingerprint density at radius 3 is 2.29 bits per heavy atom. The van der Waals surface area contributed by atoms with E-state index in [0.717, 1.165) is 11.3 Å². The van der Waals surface area contributed by atoms with Crippen molar-refractivity contribution in [1.82, 2.24) is 0 Å². The number of carbonyl (C=O) groups is 1. The maximum atomic E-state index is 11.9. The van der Waals surface area contributed by atoms with Gasteiger partial charge in [-0.25, -0.2) is 18.2 Å². The first-order valence-corrected chi connectivity index (χ1v) is 12.0. The molecule has 35 heavy (non-hydrogen) atoms. The molecule has 0 saturated heterocycles. The molecular formula is C25H28N4O5S. The number of benzene rings is 2. The molecular weight excluding hydrogens is 468 g/mol. The minimum Gasteiger partial charge on any atom is -0.744 e. The second-order valence-corrected chi connectivity index (χ2v) is 9.56. The smallest absolute Gasteiger partial charge is 0.332 e. The van der Waals surface area contributed by atoms with Crippen molar-refractivity contribution in [2.75, 3.05) is 39.2 Å². The summed E-state index contributed by atoms with van der Waals surface area (Å²) in [6.07, 6.45) is 6.64. The minimum atomic E-state index is -4.27. The Morgan fingerprint density at radius 1 is 1.17 bits per heavy atom. The van der Waals surface area contributed by atoms with Gasteiger partial charge in [0.05, 0.1) is 23.7 Å². The van der Waals surface area contributed by atoms with Crippen molar-refractivity contribution < 1.29 is 27.0 Å². The van der Waals surface area contributed by atoms with Crippen molar-refractivity contribution in [3.63, 3.8) is 0 Å². The largest absolute Gasteiger partial charge is 0.744 e. The van der Waals surface area contributed by atoms with Gasteiger partial charge in [-0.05, 0) is 36.8 Å². The number of hydrogen-bond acceptors (Lipinski definition) is 8. The number of esters is 1. The molecule has 2 aromatic carbocycles. The van der Waals surface area contributed by atoms with E-state index in [1.165, 1.54) is 18.2 Å². The number of allylic oxidation sites excluding steroid dienone is 1. The zero-order valence-electron chi connectivity index (χ0n) is 20.1. The predicted octanol–water partition coefficient (Wildman–Crippen LogP) is 3.06. The van der Waals surface area contributed by atoms with Crippen LogP contribution in [-0.2, 0) is 19.6 Å². The number of carbonyl (C=O) groups excluding carboxylic acids is 1. The molecule has 0 N–H and O–H groups in total. The van der Waals surface area contributed by atoms with E-state index in [9.17, 15) is 23.0 Å². The topological polar surface area (TPSA) is 123 Å². The zero-order valence-corrected chi connectivity index (χ0v) is 20.9. The van der Waals surface area contributed by atoms with E-state index >= 15 is 0 Å².